The molecule has 1 saturated heterocycles. The largest absolute Gasteiger partial charge is 0.480 e. The third-order valence-electron chi connectivity index (χ3n) is 5.91. The highest BCUT2D eigenvalue weighted by molar-refractivity contribution is 8.17. The number of hydrogen-bond donors (Lipinski definition) is 2. The number of esters is 1. The first-order valence-corrected chi connectivity index (χ1v) is 14.1. The molecular weight excluding hydrogens is 472 g/mol. The Morgan fingerprint density at radius 1 is 1.15 bits per heavy atom. The van der Waals surface area contributed by atoms with Crippen molar-refractivity contribution >= 4 is 41.4 Å². The van der Waals surface area contributed by atoms with E-state index in [-0.39, 0.29) is 23.0 Å². The van der Waals surface area contributed by atoms with Gasteiger partial charge in [0.15, 0.2) is 0 Å². The van der Waals surface area contributed by atoms with Crippen molar-refractivity contribution in [3.63, 3.8) is 0 Å². The van der Waals surface area contributed by atoms with E-state index in [1.165, 1.54) is 4.90 Å². The highest BCUT2D eigenvalue weighted by Crippen LogP contribution is 2.38. The zero-order valence-corrected chi connectivity index (χ0v) is 22.2. The van der Waals surface area contributed by atoms with Crippen LogP contribution in [0.25, 0.3) is 0 Å². The molecule has 0 radical (unpaired) electrons. The van der Waals surface area contributed by atoms with E-state index in [1.54, 1.807) is 13.8 Å². The molecular formula is C25H38N2O5S2. The second-order valence-electron chi connectivity index (χ2n) is 8.34. The van der Waals surface area contributed by atoms with Crippen molar-refractivity contribution in [2.45, 2.75) is 69.7 Å². The lowest BCUT2D eigenvalue weighted by Crippen LogP contribution is -2.53. The Labute approximate surface area is 211 Å². The molecule has 9 heteroatoms. The predicted molar refractivity (Wildman–Crippen MR) is 139 cm³/mol. The summed E-state index contributed by atoms with van der Waals surface area (Å²) in [6.07, 6.45) is 1.59. The van der Waals surface area contributed by atoms with Gasteiger partial charge in [-0.15, -0.1) is 23.5 Å². The van der Waals surface area contributed by atoms with Crippen LogP contribution < -0.4 is 5.32 Å². The van der Waals surface area contributed by atoms with Crippen LogP contribution in [0.3, 0.4) is 0 Å². The number of benzene rings is 1. The highest BCUT2D eigenvalue weighted by atomic mass is 32.2. The van der Waals surface area contributed by atoms with E-state index >= 15 is 0 Å². The number of nitrogens with one attached hydrogen (secondary N) is 1. The Bertz CT molecular complexity index is 789. The van der Waals surface area contributed by atoms with E-state index in [1.807, 2.05) is 53.9 Å². The minimum atomic E-state index is -0.976. The lowest BCUT2D eigenvalue weighted by Gasteiger charge is -2.28. The number of carboxylic acids is 1. The van der Waals surface area contributed by atoms with Gasteiger partial charge in [0, 0.05) is 12.5 Å². The molecule has 7 nitrogen and oxygen atoms in total. The summed E-state index contributed by atoms with van der Waals surface area (Å²) in [4.78, 5) is 39.4. The van der Waals surface area contributed by atoms with Gasteiger partial charge in [0.2, 0.25) is 5.91 Å². The Kier molecular flexibility index (Phi) is 12.3. The predicted octanol–water partition coefficient (Wildman–Crippen LogP) is 3.66. The molecule has 0 bridgehead atoms. The van der Waals surface area contributed by atoms with Crippen LogP contribution in [0, 0.1) is 5.92 Å². The van der Waals surface area contributed by atoms with Gasteiger partial charge < -0.3 is 14.7 Å². The van der Waals surface area contributed by atoms with Crippen molar-refractivity contribution in [2.24, 2.45) is 5.92 Å². The molecule has 34 heavy (non-hydrogen) atoms. The molecule has 2 unspecified atom stereocenters. The number of hydrogen-bond acceptors (Lipinski definition) is 7. The summed E-state index contributed by atoms with van der Waals surface area (Å²) in [5, 5.41) is 13.0. The lowest BCUT2D eigenvalue weighted by atomic mass is 10.0. The molecule has 1 aromatic carbocycles. The molecule has 2 rings (SSSR count). The number of carbonyl (C=O) groups is 3. The van der Waals surface area contributed by atoms with E-state index in [0.29, 0.717) is 25.8 Å². The van der Waals surface area contributed by atoms with Gasteiger partial charge in [0.1, 0.15) is 12.1 Å². The molecule has 0 saturated carbocycles. The molecule has 1 amide bonds. The molecule has 0 aromatic heterocycles. The minimum Gasteiger partial charge on any atom is -0.480 e. The van der Waals surface area contributed by atoms with Gasteiger partial charge in [-0.05, 0) is 50.2 Å². The fraction of sp³-hybridized carbons (Fsp3) is 0.640. The summed E-state index contributed by atoms with van der Waals surface area (Å²) in [5.74, 6) is 0.347. The zero-order chi connectivity index (χ0) is 25.1. The quantitative estimate of drug-likeness (QED) is 0.289. The minimum absolute atomic E-state index is 0.117. The lowest BCUT2D eigenvalue weighted by molar-refractivity contribution is -0.150. The topological polar surface area (TPSA) is 95.9 Å². The van der Waals surface area contributed by atoms with Crippen molar-refractivity contribution in [1.82, 2.24) is 10.2 Å². The standard InChI is InChI=1S/C25H38N2O5S2/c1-5-32-24(31)20(14-13-18-11-9-8-10-12-18)26-17(4)22(28)27-16-19(15-21(27)23(29)30)25(33-6-2)34-7-3/h8-12,17,19-21,25-26H,5-7,13-16H2,1-4H3,(H,29,30)/t17-,19?,20?,21-/m0/s1. The van der Waals surface area contributed by atoms with Gasteiger partial charge >= 0.3 is 11.9 Å². The number of nitrogens with zero attached hydrogens (tertiary/aromatic N) is 1. The van der Waals surface area contributed by atoms with Crippen LogP contribution in [0.15, 0.2) is 30.3 Å². The first-order chi connectivity index (χ1) is 16.3. The maximum Gasteiger partial charge on any atom is 0.326 e. The summed E-state index contributed by atoms with van der Waals surface area (Å²) < 4.78 is 5.49. The molecule has 1 fully saturated rings. The highest BCUT2D eigenvalue weighted by Gasteiger charge is 2.44. The Hall–Kier alpha value is -1.71. The van der Waals surface area contributed by atoms with E-state index in [2.05, 4.69) is 19.2 Å². The number of aliphatic carboxylic acids is 1. The Morgan fingerprint density at radius 3 is 2.35 bits per heavy atom. The average molecular weight is 511 g/mol. The summed E-state index contributed by atoms with van der Waals surface area (Å²) >= 11 is 3.63. The Morgan fingerprint density at radius 2 is 1.79 bits per heavy atom. The van der Waals surface area contributed by atoms with Gasteiger partial charge in [0.05, 0.1) is 17.2 Å². The van der Waals surface area contributed by atoms with Gasteiger partial charge in [-0.25, -0.2) is 4.79 Å². The van der Waals surface area contributed by atoms with Gasteiger partial charge in [-0.1, -0.05) is 44.2 Å². The second-order valence-corrected chi connectivity index (χ2v) is 11.5. The molecule has 0 aliphatic carbocycles. The van der Waals surface area contributed by atoms with Crippen LogP contribution in [-0.4, -0.2) is 75.2 Å². The number of carboxylic acid groups (broad SMARTS) is 1. The van der Waals surface area contributed by atoms with Gasteiger partial charge in [-0.2, -0.15) is 0 Å². The van der Waals surface area contributed by atoms with E-state index in [0.717, 1.165) is 17.1 Å². The van der Waals surface area contributed by atoms with Crippen molar-refractivity contribution in [1.29, 1.82) is 0 Å². The fourth-order valence-corrected chi connectivity index (χ4v) is 7.08. The Balaban J connectivity index is 2.10. The SMILES string of the molecule is CCOC(=O)C(CCc1ccccc1)N[C@@H](C)C(=O)N1CC(C(SCC)SCC)C[C@H]1C(=O)O. The number of thioether (sulfide) groups is 2. The maximum absolute atomic E-state index is 13.4. The molecule has 1 aliphatic heterocycles. The molecule has 1 heterocycles. The first-order valence-electron chi connectivity index (χ1n) is 12.0. The van der Waals surface area contributed by atoms with Crippen LogP contribution in [-0.2, 0) is 25.5 Å². The summed E-state index contributed by atoms with van der Waals surface area (Å²) in [7, 11) is 0. The number of carbonyl (C=O) groups excluding carboxylic acids is 2. The molecule has 4 atom stereocenters. The smallest absolute Gasteiger partial charge is 0.326 e. The van der Waals surface area contributed by atoms with Gasteiger partial charge in [0.25, 0.3) is 0 Å². The summed E-state index contributed by atoms with van der Waals surface area (Å²) in [6.45, 7) is 8.31. The molecule has 1 aliphatic rings. The van der Waals surface area contributed by atoms with E-state index < -0.39 is 30.1 Å². The van der Waals surface area contributed by atoms with Crippen molar-refractivity contribution < 1.29 is 24.2 Å². The normalized spacial score (nSPS) is 19.7. The third-order valence-corrected chi connectivity index (χ3v) is 8.82. The second kappa shape index (κ2) is 14.6. The molecule has 0 spiro atoms. The monoisotopic (exact) mass is 510 g/mol. The van der Waals surface area contributed by atoms with Crippen LogP contribution in [0.1, 0.15) is 46.1 Å². The van der Waals surface area contributed by atoms with Gasteiger partial charge in [-0.3, -0.25) is 14.9 Å². The van der Waals surface area contributed by atoms with Crippen LogP contribution in [0.5, 0.6) is 0 Å². The zero-order valence-electron chi connectivity index (χ0n) is 20.6. The molecule has 2 N–H and O–H groups in total. The molecule has 1 aromatic rings. The van der Waals surface area contributed by atoms with Crippen LogP contribution in [0.2, 0.25) is 0 Å². The first kappa shape index (κ1) is 28.5. The van der Waals surface area contributed by atoms with Crippen molar-refractivity contribution in [3.05, 3.63) is 35.9 Å². The van der Waals surface area contributed by atoms with Crippen molar-refractivity contribution in [2.75, 3.05) is 24.7 Å². The number of amides is 1. The van der Waals surface area contributed by atoms with Crippen LogP contribution >= 0.6 is 23.5 Å². The van der Waals surface area contributed by atoms with E-state index in [4.69, 9.17) is 4.74 Å². The van der Waals surface area contributed by atoms with E-state index in [9.17, 15) is 19.5 Å². The summed E-state index contributed by atoms with van der Waals surface area (Å²) in [5.41, 5.74) is 1.10. The maximum atomic E-state index is 13.4. The third kappa shape index (κ3) is 8.20. The fourth-order valence-electron chi connectivity index (χ4n) is 4.28. The van der Waals surface area contributed by atoms with Crippen LogP contribution in [0.4, 0.5) is 0 Å². The number of rotatable bonds is 14. The van der Waals surface area contributed by atoms with Crippen molar-refractivity contribution in [3.8, 4) is 0 Å². The number of likely N-dealkylation sites (tertiary alicyclic amines) is 1. The average Bonchev–Trinajstić information content (AvgIpc) is 3.27. The summed E-state index contributed by atoms with van der Waals surface area (Å²) in [6, 6.07) is 7.63. The number of aryl methyl sites for hydroxylation is 1. The molecule has 190 valence electrons. The number of ether oxygens (including phenoxy) is 1.